The molecule has 1 fully saturated rings. The quantitative estimate of drug-likeness (QED) is 0.759. The first kappa shape index (κ1) is 21.6. The lowest BCUT2D eigenvalue weighted by Crippen LogP contribution is -2.49. The van der Waals surface area contributed by atoms with Gasteiger partial charge in [-0.15, -0.1) is 0 Å². The molecule has 0 spiro atoms. The van der Waals surface area contributed by atoms with E-state index in [0.717, 1.165) is 17.3 Å². The van der Waals surface area contributed by atoms with E-state index in [2.05, 4.69) is 27.3 Å². The molecule has 1 saturated carbocycles. The topological polar surface area (TPSA) is 89.8 Å². The fourth-order valence-electron chi connectivity index (χ4n) is 3.29. The first-order chi connectivity index (χ1) is 14.4. The Morgan fingerprint density at radius 2 is 1.97 bits per heavy atom. The molecular weight excluding hydrogens is 378 g/mol. The molecule has 0 atom stereocenters. The number of carbonyl (C=O) groups excluding carboxylic acids is 1. The molecule has 2 aromatic rings. The van der Waals surface area contributed by atoms with Crippen molar-refractivity contribution < 1.29 is 4.79 Å². The normalized spacial score (nSPS) is 15.7. The maximum atomic E-state index is 13.2. The van der Waals surface area contributed by atoms with Crippen molar-refractivity contribution in [1.29, 1.82) is 0 Å². The minimum absolute atomic E-state index is 0.107. The predicted octanol–water partition coefficient (Wildman–Crippen LogP) is 2.12. The molecule has 0 radical (unpaired) electrons. The fraction of sp³-hybridized carbons (Fsp3) is 0.435. The highest BCUT2D eigenvalue weighted by molar-refractivity contribution is 5.88. The van der Waals surface area contributed by atoms with E-state index in [1.165, 1.54) is 23.1 Å². The third-order valence-electron chi connectivity index (χ3n) is 5.06. The SMILES string of the molecule is CC\C=c1/c(C(C)C)nn(CC(=O)Nc2ncccn2)c(=O)/c1=C/C=C(\C)C1CC1. The Balaban J connectivity index is 2.06. The number of carbonyl (C=O) groups is 1. The van der Waals surface area contributed by atoms with Gasteiger partial charge in [0, 0.05) is 17.6 Å². The molecule has 3 rings (SSSR count). The first-order valence-electron chi connectivity index (χ1n) is 10.5. The molecule has 7 nitrogen and oxygen atoms in total. The van der Waals surface area contributed by atoms with Gasteiger partial charge in [0.15, 0.2) is 0 Å². The van der Waals surface area contributed by atoms with Crippen LogP contribution in [-0.4, -0.2) is 25.7 Å². The van der Waals surface area contributed by atoms with Gasteiger partial charge in [0.1, 0.15) is 6.54 Å². The zero-order valence-corrected chi connectivity index (χ0v) is 18.1. The molecule has 1 N–H and O–H groups in total. The Bertz CT molecular complexity index is 1110. The number of aromatic nitrogens is 4. The minimum Gasteiger partial charge on any atom is -0.293 e. The van der Waals surface area contributed by atoms with E-state index >= 15 is 0 Å². The van der Waals surface area contributed by atoms with E-state index in [1.807, 2.05) is 39.0 Å². The van der Waals surface area contributed by atoms with E-state index in [0.29, 0.717) is 11.1 Å². The van der Waals surface area contributed by atoms with Crippen molar-refractivity contribution in [2.24, 2.45) is 5.92 Å². The van der Waals surface area contributed by atoms with Gasteiger partial charge in [-0.05, 0) is 50.2 Å². The molecular formula is C23H29N5O2. The maximum Gasteiger partial charge on any atom is 0.275 e. The Labute approximate surface area is 176 Å². The summed E-state index contributed by atoms with van der Waals surface area (Å²) >= 11 is 0. The van der Waals surface area contributed by atoms with Crippen LogP contribution in [0.4, 0.5) is 5.95 Å². The summed E-state index contributed by atoms with van der Waals surface area (Å²) in [5.74, 6) is 0.541. The van der Waals surface area contributed by atoms with Gasteiger partial charge in [0.2, 0.25) is 11.9 Å². The van der Waals surface area contributed by atoms with Crippen molar-refractivity contribution >= 4 is 24.0 Å². The number of amides is 1. The van der Waals surface area contributed by atoms with E-state index in [9.17, 15) is 9.59 Å². The van der Waals surface area contributed by atoms with Crippen molar-refractivity contribution in [3.63, 3.8) is 0 Å². The second-order valence-electron chi connectivity index (χ2n) is 7.91. The van der Waals surface area contributed by atoms with Crippen LogP contribution in [0.3, 0.4) is 0 Å². The van der Waals surface area contributed by atoms with Crippen LogP contribution in [0.25, 0.3) is 12.2 Å². The zero-order chi connectivity index (χ0) is 21.7. The molecule has 30 heavy (non-hydrogen) atoms. The van der Waals surface area contributed by atoms with Gasteiger partial charge in [0.05, 0.1) is 10.9 Å². The summed E-state index contributed by atoms with van der Waals surface area (Å²) in [5.41, 5.74) is 1.82. The van der Waals surface area contributed by atoms with Gasteiger partial charge >= 0.3 is 0 Å². The Morgan fingerprint density at radius 1 is 1.27 bits per heavy atom. The van der Waals surface area contributed by atoms with Crippen LogP contribution in [-0.2, 0) is 11.3 Å². The van der Waals surface area contributed by atoms with Crippen LogP contribution in [0.1, 0.15) is 58.6 Å². The molecule has 2 heterocycles. The Kier molecular flexibility index (Phi) is 6.92. The van der Waals surface area contributed by atoms with Crippen molar-refractivity contribution in [3.05, 3.63) is 56.6 Å². The number of allylic oxidation sites excluding steroid dienone is 2. The highest BCUT2D eigenvalue weighted by Crippen LogP contribution is 2.35. The summed E-state index contributed by atoms with van der Waals surface area (Å²) in [7, 11) is 0. The highest BCUT2D eigenvalue weighted by atomic mass is 16.2. The van der Waals surface area contributed by atoms with Crippen LogP contribution in [0.15, 0.2) is 34.9 Å². The molecule has 0 aliphatic heterocycles. The number of rotatable bonds is 7. The van der Waals surface area contributed by atoms with Gasteiger partial charge in [-0.3, -0.25) is 14.9 Å². The smallest absolute Gasteiger partial charge is 0.275 e. The Hall–Kier alpha value is -3.09. The van der Waals surface area contributed by atoms with E-state index in [4.69, 9.17) is 0 Å². The average Bonchev–Trinajstić information content (AvgIpc) is 3.55. The number of nitrogens with one attached hydrogen (secondary N) is 1. The largest absolute Gasteiger partial charge is 0.293 e. The molecule has 1 amide bonds. The van der Waals surface area contributed by atoms with Crippen LogP contribution in [0.5, 0.6) is 0 Å². The summed E-state index contributed by atoms with van der Waals surface area (Å²) < 4.78 is 1.24. The molecule has 0 unspecified atom stereocenters. The zero-order valence-electron chi connectivity index (χ0n) is 18.1. The lowest BCUT2D eigenvalue weighted by molar-refractivity contribution is -0.117. The van der Waals surface area contributed by atoms with E-state index in [1.54, 1.807) is 18.5 Å². The van der Waals surface area contributed by atoms with Gasteiger partial charge < -0.3 is 0 Å². The summed E-state index contributed by atoms with van der Waals surface area (Å²) in [6.07, 6.45) is 12.3. The summed E-state index contributed by atoms with van der Waals surface area (Å²) in [6.45, 7) is 8.02. The maximum absolute atomic E-state index is 13.2. The van der Waals surface area contributed by atoms with Gasteiger partial charge in [-0.1, -0.05) is 38.5 Å². The standard InChI is InChI=1S/C23H29N5O2/c1-5-7-18-19(11-8-16(4)17-9-10-17)22(30)28(27-21(18)15(2)3)14-20(29)26-23-24-12-6-13-25-23/h6-8,11-13,15,17H,5,9-10,14H2,1-4H3,(H,24,25,26,29)/b16-8+,18-7-,19-11+. The first-order valence-corrected chi connectivity index (χ1v) is 10.5. The molecule has 0 aromatic carbocycles. The summed E-state index contributed by atoms with van der Waals surface area (Å²) in [6, 6.07) is 1.67. The molecule has 0 saturated heterocycles. The van der Waals surface area contributed by atoms with Crippen molar-refractivity contribution in [2.45, 2.75) is 59.4 Å². The fourth-order valence-corrected chi connectivity index (χ4v) is 3.29. The lowest BCUT2D eigenvalue weighted by atomic mass is 10.1. The summed E-state index contributed by atoms with van der Waals surface area (Å²) in [5, 5.41) is 8.59. The van der Waals surface area contributed by atoms with Crippen LogP contribution in [0.2, 0.25) is 0 Å². The second kappa shape index (κ2) is 9.61. The van der Waals surface area contributed by atoms with Crippen molar-refractivity contribution in [2.75, 3.05) is 5.32 Å². The second-order valence-corrected chi connectivity index (χ2v) is 7.91. The molecule has 158 valence electrons. The van der Waals surface area contributed by atoms with Crippen LogP contribution in [0, 0.1) is 5.92 Å². The van der Waals surface area contributed by atoms with E-state index in [-0.39, 0.29) is 24.0 Å². The molecule has 1 aliphatic carbocycles. The van der Waals surface area contributed by atoms with Crippen molar-refractivity contribution in [1.82, 2.24) is 19.7 Å². The number of hydrogen-bond donors (Lipinski definition) is 1. The van der Waals surface area contributed by atoms with Gasteiger partial charge in [-0.2, -0.15) is 5.10 Å². The van der Waals surface area contributed by atoms with Crippen LogP contribution >= 0.6 is 0 Å². The third kappa shape index (κ3) is 5.28. The van der Waals surface area contributed by atoms with Crippen LogP contribution < -0.4 is 21.3 Å². The third-order valence-corrected chi connectivity index (χ3v) is 5.06. The monoisotopic (exact) mass is 407 g/mol. The van der Waals surface area contributed by atoms with Gasteiger partial charge in [-0.25, -0.2) is 14.6 Å². The summed E-state index contributed by atoms with van der Waals surface area (Å²) in [4.78, 5) is 33.7. The number of nitrogens with zero attached hydrogens (tertiary/aromatic N) is 4. The molecule has 7 heteroatoms. The van der Waals surface area contributed by atoms with Crippen molar-refractivity contribution in [3.8, 4) is 0 Å². The number of hydrogen-bond acceptors (Lipinski definition) is 5. The highest BCUT2D eigenvalue weighted by Gasteiger charge is 2.22. The van der Waals surface area contributed by atoms with E-state index < -0.39 is 5.91 Å². The molecule has 0 bridgehead atoms. The molecule has 2 aromatic heterocycles. The predicted molar refractivity (Wildman–Crippen MR) is 118 cm³/mol. The average molecular weight is 408 g/mol. The lowest BCUT2D eigenvalue weighted by Gasteiger charge is -2.11. The Morgan fingerprint density at radius 3 is 2.57 bits per heavy atom. The van der Waals surface area contributed by atoms with Gasteiger partial charge in [0.25, 0.3) is 5.56 Å². The molecule has 1 aliphatic rings. The minimum atomic E-state index is -0.395. The number of anilines is 1.